The lowest BCUT2D eigenvalue weighted by Gasteiger charge is -2.32. The lowest BCUT2D eigenvalue weighted by atomic mass is 9.95. The summed E-state index contributed by atoms with van der Waals surface area (Å²) in [5.74, 6) is 1.38. The normalized spacial score (nSPS) is 14.6. The van der Waals surface area contributed by atoms with Crippen molar-refractivity contribution in [3.8, 4) is 11.6 Å². The number of halogens is 1. The Bertz CT molecular complexity index is 854. The standard InChI is InChI=1S/C18H20ClN5O4/c1-3-27-12(2)13-6-8-23(9-7-13)17-16(24(25)26)18(22-11-21-17)28-14-4-5-15(19)20-10-14/h4-5,10-11,13H,2-3,6-9H2,1H3. The molecule has 28 heavy (non-hydrogen) atoms. The topological polar surface area (TPSA) is 104 Å². The maximum atomic E-state index is 11.7. The second-order valence-electron chi connectivity index (χ2n) is 6.19. The van der Waals surface area contributed by atoms with Crippen molar-refractivity contribution in [1.82, 2.24) is 15.0 Å². The van der Waals surface area contributed by atoms with E-state index in [1.54, 1.807) is 6.07 Å². The average molecular weight is 406 g/mol. The molecule has 0 N–H and O–H groups in total. The molecule has 1 saturated heterocycles. The van der Waals surface area contributed by atoms with Crippen LogP contribution in [-0.4, -0.2) is 39.6 Å². The zero-order valence-electron chi connectivity index (χ0n) is 15.4. The maximum Gasteiger partial charge on any atom is 0.373 e. The van der Waals surface area contributed by atoms with Crippen LogP contribution in [0.4, 0.5) is 11.5 Å². The first-order valence-corrected chi connectivity index (χ1v) is 9.22. The summed E-state index contributed by atoms with van der Waals surface area (Å²) in [6, 6.07) is 3.09. The minimum absolute atomic E-state index is 0.139. The molecule has 0 spiro atoms. The van der Waals surface area contributed by atoms with Gasteiger partial charge < -0.3 is 14.4 Å². The van der Waals surface area contributed by atoms with Crippen LogP contribution in [-0.2, 0) is 4.74 Å². The average Bonchev–Trinajstić information content (AvgIpc) is 2.69. The maximum absolute atomic E-state index is 11.7. The third-order valence-electron chi connectivity index (χ3n) is 4.45. The molecule has 3 rings (SSSR count). The molecule has 148 valence electrons. The van der Waals surface area contributed by atoms with Crippen LogP contribution >= 0.6 is 11.6 Å². The van der Waals surface area contributed by atoms with Crippen LogP contribution in [0.5, 0.6) is 11.6 Å². The number of aromatic nitrogens is 3. The van der Waals surface area contributed by atoms with E-state index in [1.165, 1.54) is 18.6 Å². The lowest BCUT2D eigenvalue weighted by Crippen LogP contribution is -2.35. The summed E-state index contributed by atoms with van der Waals surface area (Å²) in [5.41, 5.74) is -0.278. The highest BCUT2D eigenvalue weighted by Gasteiger charge is 2.32. The summed E-state index contributed by atoms with van der Waals surface area (Å²) in [5, 5.41) is 12.0. The molecule has 9 nitrogen and oxygen atoms in total. The van der Waals surface area contributed by atoms with Gasteiger partial charge in [0.15, 0.2) is 0 Å². The second-order valence-corrected chi connectivity index (χ2v) is 6.57. The second kappa shape index (κ2) is 8.83. The highest BCUT2D eigenvalue weighted by Crippen LogP contribution is 2.38. The van der Waals surface area contributed by atoms with Gasteiger partial charge in [-0.1, -0.05) is 18.2 Å². The Labute approximate surface area is 167 Å². The van der Waals surface area contributed by atoms with Crippen molar-refractivity contribution in [2.24, 2.45) is 5.92 Å². The predicted molar refractivity (Wildman–Crippen MR) is 104 cm³/mol. The van der Waals surface area contributed by atoms with E-state index in [1.807, 2.05) is 11.8 Å². The molecular formula is C18H20ClN5O4. The van der Waals surface area contributed by atoms with Crippen molar-refractivity contribution in [3.05, 3.63) is 52.3 Å². The molecule has 0 atom stereocenters. The molecule has 0 bridgehead atoms. The molecule has 0 unspecified atom stereocenters. The first-order chi connectivity index (χ1) is 13.5. The Kier molecular flexibility index (Phi) is 6.25. The number of nitro groups is 1. The van der Waals surface area contributed by atoms with Gasteiger partial charge in [0.2, 0.25) is 5.82 Å². The van der Waals surface area contributed by atoms with Gasteiger partial charge in [-0.3, -0.25) is 10.1 Å². The van der Waals surface area contributed by atoms with Crippen LogP contribution in [0.2, 0.25) is 5.15 Å². The van der Waals surface area contributed by atoms with Crippen LogP contribution in [0.3, 0.4) is 0 Å². The van der Waals surface area contributed by atoms with Gasteiger partial charge in [0.25, 0.3) is 0 Å². The summed E-state index contributed by atoms with van der Waals surface area (Å²) < 4.78 is 11.1. The highest BCUT2D eigenvalue weighted by molar-refractivity contribution is 6.29. The van der Waals surface area contributed by atoms with Gasteiger partial charge in [-0.2, -0.15) is 4.98 Å². The number of rotatable bonds is 7. The van der Waals surface area contributed by atoms with Gasteiger partial charge in [0, 0.05) is 19.0 Å². The summed E-state index contributed by atoms with van der Waals surface area (Å²) in [4.78, 5) is 25.1. The number of pyridine rings is 1. The molecule has 1 aliphatic rings. The van der Waals surface area contributed by atoms with Crippen molar-refractivity contribution in [1.29, 1.82) is 0 Å². The Morgan fingerprint density at radius 1 is 1.36 bits per heavy atom. The number of nitrogens with zero attached hydrogens (tertiary/aromatic N) is 5. The van der Waals surface area contributed by atoms with E-state index < -0.39 is 4.92 Å². The fourth-order valence-corrected chi connectivity index (χ4v) is 3.18. The third kappa shape index (κ3) is 4.48. The smallest absolute Gasteiger partial charge is 0.373 e. The predicted octanol–water partition coefficient (Wildman–Crippen LogP) is 3.99. The summed E-state index contributed by atoms with van der Waals surface area (Å²) in [7, 11) is 0. The van der Waals surface area contributed by atoms with E-state index in [-0.39, 0.29) is 23.3 Å². The van der Waals surface area contributed by atoms with Crippen LogP contribution in [0.15, 0.2) is 37.0 Å². The number of ether oxygens (including phenoxy) is 2. The number of piperidine rings is 1. The number of hydrogen-bond donors (Lipinski definition) is 0. The molecule has 0 radical (unpaired) electrons. The Balaban J connectivity index is 1.81. The van der Waals surface area contributed by atoms with E-state index in [2.05, 4.69) is 21.5 Å². The molecule has 0 amide bonds. The Hall–Kier alpha value is -2.94. The van der Waals surface area contributed by atoms with Crippen LogP contribution in [0.1, 0.15) is 19.8 Å². The number of allylic oxidation sites excluding steroid dienone is 1. The van der Waals surface area contributed by atoms with Gasteiger partial charge in [0.05, 0.1) is 23.5 Å². The Morgan fingerprint density at radius 2 is 2.11 bits per heavy atom. The zero-order valence-corrected chi connectivity index (χ0v) is 16.1. The molecule has 0 aliphatic carbocycles. The van der Waals surface area contributed by atoms with E-state index in [0.29, 0.717) is 30.6 Å². The first kappa shape index (κ1) is 19.8. The summed E-state index contributed by atoms with van der Waals surface area (Å²) >= 11 is 5.75. The molecular weight excluding hydrogens is 386 g/mol. The molecule has 10 heteroatoms. The molecule has 2 aromatic heterocycles. The fraction of sp³-hybridized carbons (Fsp3) is 0.389. The SMILES string of the molecule is C=C(OCC)C1CCN(c2ncnc(Oc3ccc(Cl)nc3)c2[N+](=O)[O-])CC1. The molecule has 3 heterocycles. The van der Waals surface area contributed by atoms with Gasteiger partial charge in [-0.25, -0.2) is 9.97 Å². The minimum Gasteiger partial charge on any atom is -0.499 e. The van der Waals surface area contributed by atoms with E-state index in [0.717, 1.165) is 18.6 Å². The van der Waals surface area contributed by atoms with Crippen molar-refractivity contribution in [2.75, 3.05) is 24.6 Å². The van der Waals surface area contributed by atoms with Crippen molar-refractivity contribution in [3.63, 3.8) is 0 Å². The molecule has 1 aliphatic heterocycles. The van der Waals surface area contributed by atoms with Gasteiger partial charge in [-0.05, 0) is 31.9 Å². The van der Waals surface area contributed by atoms with E-state index in [4.69, 9.17) is 21.1 Å². The van der Waals surface area contributed by atoms with Crippen molar-refractivity contribution >= 4 is 23.1 Å². The Morgan fingerprint density at radius 3 is 2.71 bits per heavy atom. The largest absolute Gasteiger partial charge is 0.499 e. The van der Waals surface area contributed by atoms with Crippen LogP contribution < -0.4 is 9.64 Å². The highest BCUT2D eigenvalue weighted by atomic mass is 35.5. The number of hydrogen-bond acceptors (Lipinski definition) is 8. The molecule has 0 saturated carbocycles. The molecule has 1 fully saturated rings. The van der Waals surface area contributed by atoms with Crippen LogP contribution in [0.25, 0.3) is 0 Å². The monoisotopic (exact) mass is 405 g/mol. The zero-order chi connectivity index (χ0) is 20.1. The minimum atomic E-state index is -0.529. The molecule has 0 aromatic carbocycles. The quantitative estimate of drug-likeness (QED) is 0.295. The lowest BCUT2D eigenvalue weighted by molar-refractivity contribution is -0.385. The van der Waals surface area contributed by atoms with Gasteiger partial charge in [-0.15, -0.1) is 0 Å². The fourth-order valence-electron chi connectivity index (χ4n) is 3.07. The van der Waals surface area contributed by atoms with E-state index >= 15 is 0 Å². The first-order valence-electron chi connectivity index (χ1n) is 8.85. The van der Waals surface area contributed by atoms with Crippen molar-refractivity contribution in [2.45, 2.75) is 19.8 Å². The van der Waals surface area contributed by atoms with Crippen molar-refractivity contribution < 1.29 is 14.4 Å². The molecule has 2 aromatic rings. The number of anilines is 1. The third-order valence-corrected chi connectivity index (χ3v) is 4.67. The van der Waals surface area contributed by atoms with E-state index in [9.17, 15) is 10.1 Å². The van der Waals surface area contributed by atoms with Gasteiger partial charge >= 0.3 is 11.6 Å². The summed E-state index contributed by atoms with van der Waals surface area (Å²) in [6.45, 7) is 7.66. The van der Waals surface area contributed by atoms with Gasteiger partial charge in [0.1, 0.15) is 17.2 Å². The summed E-state index contributed by atoms with van der Waals surface area (Å²) in [6.07, 6.45) is 4.18. The van der Waals surface area contributed by atoms with Crippen LogP contribution in [0, 0.1) is 16.0 Å².